The highest BCUT2D eigenvalue weighted by molar-refractivity contribution is 6.03. The van der Waals surface area contributed by atoms with Gasteiger partial charge in [-0.15, -0.1) is 0 Å². The van der Waals surface area contributed by atoms with E-state index in [-0.39, 0.29) is 18.4 Å². The first kappa shape index (κ1) is 22.2. The van der Waals surface area contributed by atoms with Crippen LogP contribution in [0.2, 0.25) is 0 Å². The molecule has 0 saturated heterocycles. The quantitative estimate of drug-likeness (QED) is 0.554. The van der Waals surface area contributed by atoms with Gasteiger partial charge in [0.05, 0.1) is 19.8 Å². The lowest BCUT2D eigenvalue weighted by Gasteiger charge is -2.37. The number of nitrogens with zero attached hydrogens (tertiary/aromatic N) is 1. The number of para-hydroxylation sites is 1. The van der Waals surface area contributed by atoms with Crippen molar-refractivity contribution < 1.29 is 19.1 Å². The number of carbonyl (C=O) groups is 2. The van der Waals surface area contributed by atoms with E-state index in [0.717, 1.165) is 28.3 Å². The van der Waals surface area contributed by atoms with Gasteiger partial charge in [-0.3, -0.25) is 9.59 Å². The Morgan fingerprint density at radius 1 is 0.939 bits per heavy atom. The zero-order chi connectivity index (χ0) is 23.2. The second-order valence-corrected chi connectivity index (χ2v) is 7.75. The number of hydrogen-bond acceptors (Lipinski definition) is 5. The van der Waals surface area contributed by atoms with E-state index in [0.29, 0.717) is 18.5 Å². The first-order chi connectivity index (χ1) is 16.1. The average molecular weight is 446 g/mol. The molecule has 1 atom stereocenters. The van der Waals surface area contributed by atoms with Crippen LogP contribution in [0.25, 0.3) is 0 Å². The summed E-state index contributed by atoms with van der Waals surface area (Å²) in [5.74, 6) is 1.12. The standard InChI is InChI=1S/C26H27N3O4/c1-32-20-11-7-18(8-12-20)15-16-27-24(30)17-29-25(19-9-13-21(33-2)14-10-19)28-23-6-4-3-5-22(23)26(29)31/h3-14,25,28H,15-17H2,1-2H3,(H,27,30)/t25-/m1/s1. The molecule has 7 heteroatoms. The largest absolute Gasteiger partial charge is 0.497 e. The highest BCUT2D eigenvalue weighted by Gasteiger charge is 2.34. The molecule has 3 aromatic rings. The van der Waals surface area contributed by atoms with Gasteiger partial charge >= 0.3 is 0 Å². The maximum Gasteiger partial charge on any atom is 0.258 e. The second kappa shape index (κ2) is 10.1. The van der Waals surface area contributed by atoms with E-state index >= 15 is 0 Å². The predicted octanol–water partition coefficient (Wildman–Crippen LogP) is 3.63. The van der Waals surface area contributed by atoms with Crippen molar-refractivity contribution in [2.75, 3.05) is 32.6 Å². The van der Waals surface area contributed by atoms with E-state index < -0.39 is 6.17 Å². The summed E-state index contributed by atoms with van der Waals surface area (Å²) >= 11 is 0. The lowest BCUT2D eigenvalue weighted by molar-refractivity contribution is -0.122. The van der Waals surface area contributed by atoms with Crippen molar-refractivity contribution in [3.63, 3.8) is 0 Å². The molecule has 2 amide bonds. The molecule has 0 spiro atoms. The SMILES string of the molecule is COc1ccc(CCNC(=O)CN2C(=O)c3ccccc3N[C@H]2c2ccc(OC)cc2)cc1. The van der Waals surface area contributed by atoms with Crippen LogP contribution in [-0.2, 0) is 11.2 Å². The minimum Gasteiger partial charge on any atom is -0.497 e. The number of carbonyl (C=O) groups excluding carboxylic acids is 2. The van der Waals surface area contributed by atoms with Crippen LogP contribution in [0.3, 0.4) is 0 Å². The first-order valence-corrected chi connectivity index (χ1v) is 10.8. The molecule has 0 bridgehead atoms. The van der Waals surface area contributed by atoms with Gasteiger partial charge in [0.1, 0.15) is 24.2 Å². The van der Waals surface area contributed by atoms with Crippen LogP contribution in [0.1, 0.15) is 27.7 Å². The Kier molecular flexibility index (Phi) is 6.78. The van der Waals surface area contributed by atoms with Crippen LogP contribution in [0.15, 0.2) is 72.8 Å². The number of anilines is 1. The van der Waals surface area contributed by atoms with Gasteiger partial charge in [0, 0.05) is 12.2 Å². The summed E-state index contributed by atoms with van der Waals surface area (Å²) in [5, 5.41) is 6.33. The first-order valence-electron chi connectivity index (χ1n) is 10.8. The Morgan fingerprint density at radius 2 is 1.58 bits per heavy atom. The maximum absolute atomic E-state index is 13.3. The van der Waals surface area contributed by atoms with Crippen LogP contribution >= 0.6 is 0 Å². The number of hydrogen-bond donors (Lipinski definition) is 2. The van der Waals surface area contributed by atoms with Crippen molar-refractivity contribution in [2.24, 2.45) is 0 Å². The third kappa shape index (κ3) is 5.09. The molecular formula is C26H27N3O4. The minimum absolute atomic E-state index is 0.0561. The smallest absolute Gasteiger partial charge is 0.258 e. The number of fused-ring (bicyclic) bond motifs is 1. The van der Waals surface area contributed by atoms with Gasteiger partial charge in [0.15, 0.2) is 0 Å². The Morgan fingerprint density at radius 3 is 2.24 bits per heavy atom. The van der Waals surface area contributed by atoms with Gasteiger partial charge in [0.2, 0.25) is 5.91 Å². The van der Waals surface area contributed by atoms with Gasteiger partial charge in [-0.2, -0.15) is 0 Å². The fourth-order valence-electron chi connectivity index (χ4n) is 3.85. The van der Waals surface area contributed by atoms with Gasteiger partial charge in [0.25, 0.3) is 5.91 Å². The molecule has 7 nitrogen and oxygen atoms in total. The van der Waals surface area contributed by atoms with E-state index in [4.69, 9.17) is 9.47 Å². The molecule has 0 fully saturated rings. The number of nitrogens with one attached hydrogen (secondary N) is 2. The van der Waals surface area contributed by atoms with Crippen molar-refractivity contribution in [1.29, 1.82) is 0 Å². The predicted molar refractivity (Wildman–Crippen MR) is 127 cm³/mol. The van der Waals surface area contributed by atoms with Crippen molar-refractivity contribution >= 4 is 17.5 Å². The summed E-state index contributed by atoms with van der Waals surface area (Å²) in [6.07, 6.45) is 0.220. The van der Waals surface area contributed by atoms with Gasteiger partial charge in [-0.1, -0.05) is 36.4 Å². The van der Waals surface area contributed by atoms with Crippen LogP contribution < -0.4 is 20.1 Å². The normalized spacial score (nSPS) is 14.8. The monoisotopic (exact) mass is 445 g/mol. The zero-order valence-corrected chi connectivity index (χ0v) is 18.7. The maximum atomic E-state index is 13.3. The molecule has 0 saturated carbocycles. The number of rotatable bonds is 8. The van der Waals surface area contributed by atoms with Crippen molar-refractivity contribution in [2.45, 2.75) is 12.6 Å². The zero-order valence-electron chi connectivity index (χ0n) is 18.7. The van der Waals surface area contributed by atoms with Crippen LogP contribution in [0, 0.1) is 0 Å². The minimum atomic E-state index is -0.467. The Labute approximate surface area is 193 Å². The number of amides is 2. The molecule has 4 rings (SSSR count). The fraction of sp³-hybridized carbons (Fsp3) is 0.231. The van der Waals surface area contributed by atoms with Crippen molar-refractivity contribution in [3.05, 3.63) is 89.5 Å². The van der Waals surface area contributed by atoms with E-state index in [9.17, 15) is 9.59 Å². The van der Waals surface area contributed by atoms with Crippen molar-refractivity contribution in [1.82, 2.24) is 10.2 Å². The summed E-state index contributed by atoms with van der Waals surface area (Å²) in [7, 11) is 3.24. The lowest BCUT2D eigenvalue weighted by atomic mass is 10.0. The molecule has 2 N–H and O–H groups in total. The molecule has 1 aliphatic rings. The molecule has 170 valence electrons. The molecule has 0 unspecified atom stereocenters. The summed E-state index contributed by atoms with van der Waals surface area (Å²) < 4.78 is 10.4. The van der Waals surface area contributed by atoms with Gasteiger partial charge in [-0.05, 0) is 53.9 Å². The fourth-order valence-corrected chi connectivity index (χ4v) is 3.85. The average Bonchev–Trinajstić information content (AvgIpc) is 2.86. The third-order valence-electron chi connectivity index (χ3n) is 5.66. The highest BCUT2D eigenvalue weighted by Crippen LogP contribution is 2.33. The Bertz CT molecular complexity index is 1110. The van der Waals surface area contributed by atoms with E-state index in [1.807, 2.05) is 66.7 Å². The molecule has 1 heterocycles. The number of benzene rings is 3. The second-order valence-electron chi connectivity index (χ2n) is 7.75. The summed E-state index contributed by atoms with van der Waals surface area (Å²) in [6.45, 7) is 0.421. The number of ether oxygens (including phenoxy) is 2. The van der Waals surface area contributed by atoms with Gasteiger partial charge in [-0.25, -0.2) is 0 Å². The molecule has 0 radical (unpaired) electrons. The van der Waals surface area contributed by atoms with Gasteiger partial charge < -0.3 is 25.0 Å². The highest BCUT2D eigenvalue weighted by atomic mass is 16.5. The molecule has 1 aliphatic heterocycles. The number of methoxy groups -OCH3 is 2. The van der Waals surface area contributed by atoms with Crippen LogP contribution in [-0.4, -0.2) is 44.0 Å². The Hall–Kier alpha value is -4.00. The summed E-state index contributed by atoms with van der Waals surface area (Å²) in [4.78, 5) is 27.6. The molecule has 0 aromatic heterocycles. The topological polar surface area (TPSA) is 79.9 Å². The molecular weight excluding hydrogens is 418 g/mol. The van der Waals surface area contributed by atoms with E-state index in [1.165, 1.54) is 0 Å². The lowest BCUT2D eigenvalue weighted by Crippen LogP contribution is -2.48. The molecule has 0 aliphatic carbocycles. The summed E-state index contributed by atoms with van der Waals surface area (Å²) in [5.41, 5.74) is 3.26. The summed E-state index contributed by atoms with van der Waals surface area (Å²) in [6, 6.07) is 22.5. The van der Waals surface area contributed by atoms with Crippen molar-refractivity contribution in [3.8, 4) is 11.5 Å². The van der Waals surface area contributed by atoms with E-state index in [1.54, 1.807) is 25.2 Å². The Balaban J connectivity index is 1.46. The molecule has 33 heavy (non-hydrogen) atoms. The van der Waals surface area contributed by atoms with E-state index in [2.05, 4.69) is 10.6 Å². The third-order valence-corrected chi connectivity index (χ3v) is 5.66. The van der Waals surface area contributed by atoms with Crippen LogP contribution in [0.5, 0.6) is 11.5 Å². The molecule has 3 aromatic carbocycles. The van der Waals surface area contributed by atoms with Crippen LogP contribution in [0.4, 0.5) is 5.69 Å².